The second-order valence-electron chi connectivity index (χ2n) is 11.3. The van der Waals surface area contributed by atoms with E-state index in [9.17, 15) is 0 Å². The third-order valence-electron chi connectivity index (χ3n) is 7.80. The minimum absolute atomic E-state index is 0. The zero-order chi connectivity index (χ0) is 41.6. The Bertz CT molecular complexity index is 2530. The van der Waals surface area contributed by atoms with Gasteiger partial charge in [0.15, 0.2) is 0 Å². The van der Waals surface area contributed by atoms with E-state index in [-0.39, 0.29) is 19.5 Å². The molecular formula is C43H33Cl3N8OPdZn. The fraction of sp³-hybridized carbons (Fsp3) is 0.0930. The van der Waals surface area contributed by atoms with Gasteiger partial charge in [0.1, 0.15) is 27.2 Å². The predicted octanol–water partition coefficient (Wildman–Crippen LogP) is 11.2. The fourth-order valence-electron chi connectivity index (χ4n) is 5.43. The molecule has 0 amide bonds. The molecule has 4 heterocycles. The average molecular weight is 956 g/mol. The summed E-state index contributed by atoms with van der Waals surface area (Å²) < 4.78 is 8.10. The number of hydrogen-bond donors (Lipinski definition) is 1. The van der Waals surface area contributed by atoms with E-state index >= 15 is 0 Å². The molecule has 14 heteroatoms. The Hall–Kier alpha value is -5.09. The van der Waals surface area contributed by atoms with E-state index in [2.05, 4.69) is 32.1 Å². The number of benzene rings is 4. The van der Waals surface area contributed by atoms with Gasteiger partial charge in [-0.3, -0.25) is 4.98 Å². The molecule has 4 aromatic heterocycles. The maximum absolute atomic E-state index is 8.71. The Kier molecular flexibility index (Phi) is 23.4. The van der Waals surface area contributed by atoms with Gasteiger partial charge in [0.25, 0.3) is 0 Å². The van der Waals surface area contributed by atoms with Gasteiger partial charge in [0.05, 0.1) is 5.69 Å². The molecule has 8 aromatic rings. The van der Waals surface area contributed by atoms with Gasteiger partial charge < -0.3 is 29.4 Å². The van der Waals surface area contributed by atoms with Gasteiger partial charge in [-0.15, -0.1) is 0 Å². The first-order valence-corrected chi connectivity index (χ1v) is 18.1. The Morgan fingerprint density at radius 1 is 0.561 bits per heavy atom. The summed E-state index contributed by atoms with van der Waals surface area (Å²) in [7, 11) is 0. The first kappa shape index (κ1) is 49.9. The molecule has 9 nitrogen and oxygen atoms in total. The molecule has 0 saturated heterocycles. The third-order valence-corrected chi connectivity index (χ3v) is 8.48. The van der Waals surface area contributed by atoms with Crippen molar-refractivity contribution in [3.05, 3.63) is 178 Å². The Labute approximate surface area is 370 Å². The monoisotopic (exact) mass is 952 g/mol. The van der Waals surface area contributed by atoms with Gasteiger partial charge in [0, 0.05) is 45.2 Å². The van der Waals surface area contributed by atoms with Gasteiger partial charge >= 0.3 is 42.1 Å². The molecule has 0 saturated carbocycles. The fourth-order valence-corrected chi connectivity index (χ4v) is 6.19. The van der Waals surface area contributed by atoms with Crippen LogP contribution in [0.15, 0.2) is 121 Å². The van der Waals surface area contributed by atoms with Crippen molar-refractivity contribution in [3.8, 4) is 6.07 Å². The van der Waals surface area contributed by atoms with Gasteiger partial charge in [0.2, 0.25) is 0 Å². The second kappa shape index (κ2) is 26.7. The quantitative estimate of drug-likeness (QED) is 0.0957. The van der Waals surface area contributed by atoms with Crippen LogP contribution in [0, 0.1) is 55.8 Å². The maximum atomic E-state index is 8.71. The summed E-state index contributed by atoms with van der Waals surface area (Å²) >= 11 is 18.9. The largest absolute Gasteiger partial charge is 2.00 e. The second-order valence-corrected chi connectivity index (χ2v) is 12.4. The van der Waals surface area contributed by atoms with Crippen LogP contribution in [0.1, 0.15) is 28.5 Å². The number of nitrogens with two attached hydrogens (primary N) is 1. The molecule has 0 aliphatic rings. The van der Waals surface area contributed by atoms with Crippen molar-refractivity contribution in [1.82, 2.24) is 19.9 Å². The zero-order valence-electron chi connectivity index (χ0n) is 31.0. The normalized spacial score (nSPS) is 9.26. The summed E-state index contributed by atoms with van der Waals surface area (Å²) in [6.45, 7) is 15.9. The van der Waals surface area contributed by atoms with Crippen molar-refractivity contribution in [1.29, 1.82) is 15.8 Å². The van der Waals surface area contributed by atoms with Crippen LogP contribution in [-0.4, -0.2) is 19.9 Å². The number of nitrogens with zero attached hydrogens (tertiary/aromatic N) is 7. The van der Waals surface area contributed by atoms with E-state index in [1.54, 1.807) is 6.07 Å². The smallest absolute Gasteiger partial charge is 2.00 e. The molecule has 4 aromatic carbocycles. The van der Waals surface area contributed by atoms with Crippen molar-refractivity contribution in [2.75, 3.05) is 0 Å². The number of fused-ring (bicyclic) bond motifs is 4. The van der Waals surface area contributed by atoms with Crippen LogP contribution in [0.5, 0.6) is 0 Å². The molecule has 284 valence electrons. The standard InChI is InChI=1S/C11H12N2.C11H8N2.C10H8ClN.C9H5Cl2N.2CN.O.Pd.Zn/c2*1-8-11-5-3-2-4-9(11)6-10(7-12)13-8;1-7-9-5-3-2-4-8(9)6-10(11)12-7;10-8-5-6-3-1-2-4-7(6)9(11)12-8;2*1-2;;;/h2-6H,7,12H2,1H3;2-6H,1H3;2-6H,1H3;1-5H;;;;;/q;;;;2*-1;;;+2. The summed E-state index contributed by atoms with van der Waals surface area (Å²) in [4.78, 5) is 16.7. The molecule has 0 unspecified atom stereocenters. The molecule has 2 N–H and O–H groups in total. The first-order chi connectivity index (χ1) is 27.2. The number of aromatic nitrogens is 4. The molecular weight excluding hydrogens is 923 g/mol. The molecule has 0 aliphatic heterocycles. The summed E-state index contributed by atoms with van der Waals surface area (Å²) in [6.07, 6.45) is 0. The van der Waals surface area contributed by atoms with E-state index in [4.69, 9.17) is 72.9 Å². The average Bonchev–Trinajstić information content (AvgIpc) is 3.23. The number of hydrogen-bond acceptors (Lipinski definition) is 9. The van der Waals surface area contributed by atoms with E-state index in [1.807, 2.05) is 130 Å². The van der Waals surface area contributed by atoms with Crippen LogP contribution in [-0.2, 0) is 48.7 Å². The van der Waals surface area contributed by atoms with Crippen molar-refractivity contribution in [3.63, 3.8) is 0 Å². The first-order valence-electron chi connectivity index (χ1n) is 16.3. The van der Waals surface area contributed by atoms with Crippen LogP contribution in [0.25, 0.3) is 43.1 Å². The number of aryl methyl sites for hydroxylation is 3. The van der Waals surface area contributed by atoms with Crippen LogP contribution in [0.3, 0.4) is 0 Å². The van der Waals surface area contributed by atoms with Crippen LogP contribution in [0.4, 0.5) is 0 Å². The van der Waals surface area contributed by atoms with Crippen LogP contribution < -0.4 is 5.73 Å². The Morgan fingerprint density at radius 2 is 0.912 bits per heavy atom. The zero-order valence-corrected chi connectivity index (χ0v) is 37.8. The predicted molar refractivity (Wildman–Crippen MR) is 219 cm³/mol. The summed E-state index contributed by atoms with van der Waals surface area (Å²) in [6, 6.07) is 41.6. The summed E-state index contributed by atoms with van der Waals surface area (Å²) in [5.41, 5.74) is 9.93. The molecule has 57 heavy (non-hydrogen) atoms. The minimum atomic E-state index is 0. The van der Waals surface area contributed by atoms with Gasteiger partial charge in [-0.2, -0.15) is 5.26 Å². The number of rotatable bonds is 1. The number of nitriles is 1. The number of halogens is 3. The van der Waals surface area contributed by atoms with Gasteiger partial charge in [-0.05, 0) is 66.6 Å². The van der Waals surface area contributed by atoms with Crippen LogP contribution in [0.2, 0.25) is 15.5 Å². The van der Waals surface area contributed by atoms with E-state index in [0.717, 1.165) is 49.7 Å². The molecule has 0 spiro atoms. The molecule has 0 atom stereocenters. The third kappa shape index (κ3) is 14.7. The molecule has 0 radical (unpaired) electrons. The molecule has 0 bridgehead atoms. The topological polar surface area (TPSA) is 166 Å². The van der Waals surface area contributed by atoms with E-state index < -0.39 is 0 Å². The Morgan fingerprint density at radius 3 is 1.37 bits per heavy atom. The van der Waals surface area contributed by atoms with Crippen molar-refractivity contribution < 1.29 is 42.1 Å². The summed E-state index contributed by atoms with van der Waals surface area (Å²) in [5, 5.41) is 31.5. The van der Waals surface area contributed by atoms with Gasteiger partial charge in [-0.1, -0.05) is 132 Å². The molecule has 0 fully saturated rings. The van der Waals surface area contributed by atoms with E-state index in [1.165, 1.54) is 35.3 Å². The Balaban J connectivity index is 0.000000362. The SMILES string of the molecule is Cc1nc(C#N)cc2ccccc12.Cc1nc(CN)cc2ccccc12.Cc1nc(Cl)cc2ccccc12.Clc1cc2ccccc2c(Cl)n1.[C-]#N.[C-]#N.[O]=[Pd].[Zn+2]. The summed E-state index contributed by atoms with van der Waals surface area (Å²) in [5.74, 6) is 0. The number of pyridine rings is 4. The van der Waals surface area contributed by atoms with Crippen molar-refractivity contribution in [2.45, 2.75) is 27.3 Å². The van der Waals surface area contributed by atoms with Crippen molar-refractivity contribution >= 4 is 77.9 Å². The maximum Gasteiger partial charge on any atom is 2.00 e. The van der Waals surface area contributed by atoms with Crippen molar-refractivity contribution in [2.24, 2.45) is 5.73 Å². The minimum Gasteiger partial charge on any atom is 2.00 e. The van der Waals surface area contributed by atoms with E-state index in [0.29, 0.717) is 27.7 Å². The van der Waals surface area contributed by atoms with Gasteiger partial charge in [-0.25, -0.2) is 15.0 Å². The van der Waals surface area contributed by atoms with Crippen LogP contribution >= 0.6 is 34.8 Å². The molecule has 8 rings (SSSR count). The molecule has 0 aliphatic carbocycles.